The van der Waals surface area contributed by atoms with Crippen molar-refractivity contribution in [3.63, 3.8) is 0 Å². The first-order chi connectivity index (χ1) is 10.3. The minimum atomic E-state index is -0.714. The zero-order chi connectivity index (χ0) is 16.3. The van der Waals surface area contributed by atoms with Crippen molar-refractivity contribution in [3.05, 3.63) is 29.6 Å². The monoisotopic (exact) mass is 324 g/mol. The van der Waals surface area contributed by atoms with Crippen molar-refractivity contribution < 1.29 is 14.3 Å². The van der Waals surface area contributed by atoms with Crippen LogP contribution in [0.25, 0.3) is 6.08 Å². The lowest BCUT2D eigenvalue weighted by molar-refractivity contribution is -0.165. The van der Waals surface area contributed by atoms with Gasteiger partial charge in [-0.2, -0.15) is 0 Å². The molecule has 1 fully saturated rings. The Kier molecular flexibility index (Phi) is 5.08. The zero-order valence-corrected chi connectivity index (χ0v) is 13.8. The summed E-state index contributed by atoms with van der Waals surface area (Å²) in [6.07, 6.45) is 3.23. The van der Waals surface area contributed by atoms with Crippen molar-refractivity contribution in [2.75, 3.05) is 6.54 Å². The number of ether oxygens (including phenoxy) is 2. The first kappa shape index (κ1) is 16.8. The summed E-state index contributed by atoms with van der Waals surface area (Å²) < 4.78 is 11.3. The van der Waals surface area contributed by atoms with Gasteiger partial charge in [-0.25, -0.2) is 9.78 Å². The molecule has 5 nitrogen and oxygen atoms in total. The second kappa shape index (κ2) is 6.67. The van der Waals surface area contributed by atoms with Gasteiger partial charge in [0.1, 0.15) is 16.5 Å². The largest absolute Gasteiger partial charge is 0.475 e. The summed E-state index contributed by atoms with van der Waals surface area (Å²) in [5.41, 5.74) is 0.0936. The lowest BCUT2D eigenvalue weighted by Gasteiger charge is -2.35. The molecule has 0 aliphatic carbocycles. The Bertz CT molecular complexity index is 565. The third-order valence-electron chi connectivity index (χ3n) is 3.19. The number of aromatic nitrogens is 1. The topological polar surface area (TPSA) is 60.5 Å². The van der Waals surface area contributed by atoms with Gasteiger partial charge >= 0.3 is 5.97 Å². The van der Waals surface area contributed by atoms with Crippen molar-refractivity contribution in [2.24, 2.45) is 0 Å². The molecule has 0 aromatic carbocycles. The molecule has 0 bridgehead atoms. The lowest BCUT2D eigenvalue weighted by atomic mass is 10.0. The van der Waals surface area contributed by atoms with Gasteiger partial charge in [0.05, 0.1) is 12.2 Å². The predicted octanol–water partition coefficient (Wildman–Crippen LogP) is 2.83. The van der Waals surface area contributed by atoms with E-state index in [-0.39, 0.29) is 12.0 Å². The first-order valence-corrected chi connectivity index (χ1v) is 7.59. The van der Waals surface area contributed by atoms with Crippen LogP contribution >= 0.6 is 11.6 Å². The molecule has 0 amide bonds. The molecular weight excluding hydrogens is 304 g/mol. The van der Waals surface area contributed by atoms with E-state index in [9.17, 15) is 4.79 Å². The normalized spacial score (nSPS) is 19.0. The molecule has 2 atom stereocenters. The fraction of sp³-hybridized carbons (Fsp3) is 0.500. The summed E-state index contributed by atoms with van der Waals surface area (Å²) in [7, 11) is 0. The third-order valence-corrected chi connectivity index (χ3v) is 3.51. The van der Waals surface area contributed by atoms with Crippen LogP contribution in [0.1, 0.15) is 32.8 Å². The maximum absolute atomic E-state index is 12.4. The number of rotatable bonds is 5. The number of halogens is 1. The Labute approximate surface area is 135 Å². The summed E-state index contributed by atoms with van der Waals surface area (Å²) in [4.78, 5) is 16.4. The number of hydrogen-bond donors (Lipinski definition) is 1. The lowest BCUT2D eigenvalue weighted by Crippen LogP contribution is -2.57. The van der Waals surface area contributed by atoms with E-state index in [1.54, 1.807) is 12.1 Å². The highest BCUT2D eigenvalue weighted by Gasteiger charge is 2.37. The Balaban J connectivity index is 2.16. The van der Waals surface area contributed by atoms with Gasteiger partial charge in [-0.15, -0.1) is 0 Å². The predicted molar refractivity (Wildman–Crippen MR) is 86.0 cm³/mol. The molecule has 120 valence electrons. The van der Waals surface area contributed by atoms with E-state index in [1.165, 1.54) is 6.20 Å². The Morgan fingerprint density at radius 2 is 2.27 bits per heavy atom. The molecule has 0 spiro atoms. The van der Waals surface area contributed by atoms with E-state index in [0.717, 1.165) is 13.0 Å². The van der Waals surface area contributed by atoms with E-state index >= 15 is 0 Å². The SMILES string of the molecule is C=Cc1cc(OC(C(=O)OC(C)(C)C)[C@@H]2CCN2)cnc1Cl. The second-order valence-electron chi connectivity index (χ2n) is 6.18. The van der Waals surface area contributed by atoms with Crippen LogP contribution in [-0.4, -0.2) is 35.2 Å². The van der Waals surface area contributed by atoms with E-state index in [0.29, 0.717) is 16.5 Å². The molecule has 1 aromatic rings. The van der Waals surface area contributed by atoms with E-state index < -0.39 is 11.7 Å². The van der Waals surface area contributed by atoms with Gasteiger partial charge in [-0.1, -0.05) is 24.3 Å². The summed E-state index contributed by atoms with van der Waals surface area (Å²) in [6.45, 7) is 10.0. The smallest absolute Gasteiger partial charge is 0.349 e. The maximum atomic E-state index is 12.4. The third kappa shape index (κ3) is 4.21. The molecule has 1 saturated heterocycles. The zero-order valence-electron chi connectivity index (χ0n) is 13.1. The standard InChI is InChI=1S/C16H21ClN2O3/c1-5-10-8-11(9-19-14(10)17)21-13(12-6-7-18-12)15(20)22-16(2,3)4/h5,8-9,12-13,18H,1,6-7H2,2-4H3/t12-,13?/m0/s1. The number of nitrogens with one attached hydrogen (secondary N) is 1. The van der Waals surface area contributed by atoms with Crippen LogP contribution in [0.3, 0.4) is 0 Å². The molecular formula is C16H21ClN2O3. The van der Waals surface area contributed by atoms with Gasteiger partial charge in [-0.3, -0.25) is 0 Å². The average Bonchev–Trinajstić information content (AvgIpc) is 2.36. The molecule has 1 aliphatic rings. The summed E-state index contributed by atoms with van der Waals surface area (Å²) >= 11 is 5.94. The molecule has 2 heterocycles. The fourth-order valence-electron chi connectivity index (χ4n) is 2.02. The maximum Gasteiger partial charge on any atom is 0.349 e. The molecule has 6 heteroatoms. The number of carbonyl (C=O) groups excluding carboxylic acids is 1. The summed E-state index contributed by atoms with van der Waals surface area (Å²) in [5, 5.41) is 3.53. The molecule has 1 unspecified atom stereocenters. The quantitative estimate of drug-likeness (QED) is 0.666. The molecule has 1 aliphatic heterocycles. The van der Waals surface area contributed by atoms with Crippen LogP contribution in [-0.2, 0) is 9.53 Å². The van der Waals surface area contributed by atoms with Gasteiger partial charge in [0.15, 0.2) is 0 Å². The van der Waals surface area contributed by atoms with Crippen molar-refractivity contribution in [2.45, 2.75) is 44.9 Å². The molecule has 1 N–H and O–H groups in total. The highest BCUT2D eigenvalue weighted by molar-refractivity contribution is 6.30. The van der Waals surface area contributed by atoms with Crippen molar-refractivity contribution >= 4 is 23.6 Å². The van der Waals surface area contributed by atoms with Gasteiger partial charge in [0.2, 0.25) is 6.10 Å². The minimum absolute atomic E-state index is 0.0577. The minimum Gasteiger partial charge on any atom is -0.475 e. The van der Waals surface area contributed by atoms with Crippen molar-refractivity contribution in [1.29, 1.82) is 0 Å². The Hall–Kier alpha value is -1.59. The van der Waals surface area contributed by atoms with Gasteiger partial charge < -0.3 is 14.8 Å². The van der Waals surface area contributed by atoms with Gasteiger partial charge in [0.25, 0.3) is 0 Å². The number of pyridine rings is 1. The van der Waals surface area contributed by atoms with E-state index in [2.05, 4.69) is 16.9 Å². The van der Waals surface area contributed by atoms with E-state index in [4.69, 9.17) is 21.1 Å². The molecule has 0 radical (unpaired) electrons. The van der Waals surface area contributed by atoms with Crippen molar-refractivity contribution in [3.8, 4) is 5.75 Å². The highest BCUT2D eigenvalue weighted by Crippen LogP contribution is 2.24. The molecule has 2 rings (SSSR count). The van der Waals surface area contributed by atoms with Crippen LogP contribution in [0.4, 0.5) is 0 Å². The summed E-state index contributed by atoms with van der Waals surface area (Å²) in [5.74, 6) is 0.0728. The number of esters is 1. The van der Waals surface area contributed by atoms with Gasteiger partial charge in [-0.05, 0) is 39.8 Å². The van der Waals surface area contributed by atoms with Crippen molar-refractivity contribution in [1.82, 2.24) is 10.3 Å². The average molecular weight is 325 g/mol. The number of carbonyl (C=O) groups is 1. The summed E-state index contributed by atoms with van der Waals surface area (Å²) in [6, 6.07) is 1.65. The Morgan fingerprint density at radius 1 is 1.59 bits per heavy atom. The number of nitrogens with zero attached hydrogens (tertiary/aromatic N) is 1. The van der Waals surface area contributed by atoms with Crippen LogP contribution in [0.2, 0.25) is 5.15 Å². The Morgan fingerprint density at radius 3 is 2.77 bits per heavy atom. The molecule has 22 heavy (non-hydrogen) atoms. The number of hydrogen-bond acceptors (Lipinski definition) is 5. The van der Waals surface area contributed by atoms with Crippen LogP contribution in [0.15, 0.2) is 18.8 Å². The second-order valence-corrected chi connectivity index (χ2v) is 6.53. The first-order valence-electron chi connectivity index (χ1n) is 7.21. The van der Waals surface area contributed by atoms with Crippen LogP contribution in [0, 0.1) is 0 Å². The van der Waals surface area contributed by atoms with Crippen LogP contribution in [0.5, 0.6) is 5.75 Å². The molecule has 1 aromatic heterocycles. The molecule has 0 saturated carbocycles. The van der Waals surface area contributed by atoms with Gasteiger partial charge in [0, 0.05) is 5.56 Å². The fourth-order valence-corrected chi connectivity index (χ4v) is 2.20. The highest BCUT2D eigenvalue weighted by atomic mass is 35.5. The van der Waals surface area contributed by atoms with Crippen LogP contribution < -0.4 is 10.1 Å². The van der Waals surface area contributed by atoms with E-state index in [1.807, 2.05) is 20.8 Å².